The van der Waals surface area contributed by atoms with E-state index in [1.165, 1.54) is 29.2 Å². The van der Waals surface area contributed by atoms with Crippen molar-refractivity contribution in [2.75, 3.05) is 44.2 Å². The first-order valence-corrected chi connectivity index (χ1v) is 12.8. The molecule has 1 unspecified atom stereocenters. The van der Waals surface area contributed by atoms with Crippen molar-refractivity contribution in [3.8, 4) is 0 Å². The Morgan fingerprint density at radius 1 is 0.971 bits per heavy atom. The first-order valence-electron chi connectivity index (χ1n) is 12.0. The summed E-state index contributed by atoms with van der Waals surface area (Å²) in [5.41, 5.74) is 2.31. The molecule has 0 spiro atoms. The summed E-state index contributed by atoms with van der Waals surface area (Å²) in [4.78, 5) is 24.7. The second-order valence-electron chi connectivity index (χ2n) is 9.17. The quantitative estimate of drug-likeness (QED) is 0.538. The number of amides is 1. The van der Waals surface area contributed by atoms with E-state index in [2.05, 4.69) is 43.3 Å². The van der Waals surface area contributed by atoms with Crippen molar-refractivity contribution in [1.82, 2.24) is 19.2 Å². The van der Waals surface area contributed by atoms with E-state index >= 15 is 0 Å². The number of halogens is 1. The van der Waals surface area contributed by atoms with Gasteiger partial charge in [-0.3, -0.25) is 9.69 Å². The van der Waals surface area contributed by atoms with Crippen molar-refractivity contribution >= 4 is 22.6 Å². The third kappa shape index (κ3) is 5.62. The molecule has 2 aliphatic rings. The largest absolute Gasteiger partial charge is 0.346 e. The Morgan fingerprint density at radius 2 is 1.74 bits per heavy atom. The fourth-order valence-electron chi connectivity index (χ4n) is 4.81. The lowest BCUT2D eigenvalue weighted by Gasteiger charge is -2.39. The van der Waals surface area contributed by atoms with Crippen LogP contribution in [0.4, 0.5) is 9.52 Å². The van der Waals surface area contributed by atoms with E-state index in [0.717, 1.165) is 68.6 Å². The second-order valence-corrected chi connectivity index (χ2v) is 9.90. The predicted octanol–water partition coefficient (Wildman–Crippen LogP) is 3.83. The van der Waals surface area contributed by atoms with Crippen molar-refractivity contribution in [2.45, 2.75) is 25.8 Å². The van der Waals surface area contributed by atoms with Gasteiger partial charge < -0.3 is 9.80 Å². The maximum absolute atomic E-state index is 13.3. The van der Waals surface area contributed by atoms with Crippen LogP contribution in [0, 0.1) is 11.7 Å². The number of benzene rings is 2. The Morgan fingerprint density at radius 3 is 2.50 bits per heavy atom. The molecule has 2 aliphatic heterocycles. The van der Waals surface area contributed by atoms with Gasteiger partial charge in [0.05, 0.1) is 5.92 Å². The molecule has 3 aromatic rings. The molecule has 178 valence electrons. The molecule has 1 atom stereocenters. The van der Waals surface area contributed by atoms with Crippen molar-refractivity contribution in [3.05, 3.63) is 77.4 Å². The van der Waals surface area contributed by atoms with Gasteiger partial charge in [0.25, 0.3) is 0 Å². The van der Waals surface area contributed by atoms with E-state index in [1.54, 1.807) is 12.1 Å². The summed E-state index contributed by atoms with van der Waals surface area (Å²) in [6.45, 7) is 5.97. The lowest BCUT2D eigenvalue weighted by atomic mass is 9.96. The first-order chi connectivity index (χ1) is 16.6. The van der Waals surface area contributed by atoms with Crippen LogP contribution < -0.4 is 4.90 Å². The van der Waals surface area contributed by atoms with E-state index < -0.39 is 0 Å². The lowest BCUT2D eigenvalue weighted by Crippen LogP contribution is -2.52. The van der Waals surface area contributed by atoms with E-state index in [0.29, 0.717) is 13.0 Å². The van der Waals surface area contributed by atoms with Crippen LogP contribution in [0.5, 0.6) is 0 Å². The van der Waals surface area contributed by atoms with Gasteiger partial charge in [-0.25, -0.2) is 9.37 Å². The number of carbonyl (C=O) groups is 1. The van der Waals surface area contributed by atoms with Crippen LogP contribution in [-0.4, -0.2) is 64.3 Å². The highest BCUT2D eigenvalue weighted by Crippen LogP contribution is 2.27. The summed E-state index contributed by atoms with van der Waals surface area (Å²) in [5.74, 6) is 0.797. The normalized spacial score (nSPS) is 19.4. The highest BCUT2D eigenvalue weighted by molar-refractivity contribution is 7.09. The molecule has 2 saturated heterocycles. The molecule has 0 bridgehead atoms. The van der Waals surface area contributed by atoms with Crippen LogP contribution in [0.25, 0.3) is 0 Å². The number of nitrogens with zero attached hydrogens (tertiary/aromatic N) is 5. The lowest BCUT2D eigenvalue weighted by molar-refractivity contribution is -0.137. The summed E-state index contributed by atoms with van der Waals surface area (Å²) >= 11 is 1.39. The molecule has 6 nitrogen and oxygen atoms in total. The summed E-state index contributed by atoms with van der Waals surface area (Å²) in [7, 11) is 0. The molecule has 2 fully saturated rings. The van der Waals surface area contributed by atoms with E-state index in [4.69, 9.17) is 4.98 Å². The third-order valence-electron chi connectivity index (χ3n) is 6.71. The van der Waals surface area contributed by atoms with Crippen molar-refractivity contribution in [2.24, 2.45) is 5.92 Å². The number of carbonyl (C=O) groups excluding carboxylic acids is 1. The van der Waals surface area contributed by atoms with Crippen molar-refractivity contribution in [3.63, 3.8) is 0 Å². The maximum atomic E-state index is 13.3. The predicted molar refractivity (Wildman–Crippen MR) is 132 cm³/mol. The maximum Gasteiger partial charge on any atom is 0.227 e. The number of anilines is 1. The van der Waals surface area contributed by atoms with Crippen LogP contribution in [0.2, 0.25) is 0 Å². The Balaban J connectivity index is 1.14. The zero-order valence-corrected chi connectivity index (χ0v) is 20.1. The molecule has 0 aliphatic carbocycles. The topological polar surface area (TPSA) is 52.6 Å². The smallest absolute Gasteiger partial charge is 0.227 e. The van der Waals surface area contributed by atoms with Gasteiger partial charge in [0.15, 0.2) is 0 Å². The molecular formula is C26H30FN5OS. The number of aromatic nitrogens is 2. The zero-order chi connectivity index (χ0) is 23.3. The number of hydrogen-bond donors (Lipinski definition) is 0. The molecular weight excluding hydrogens is 449 g/mol. The monoisotopic (exact) mass is 479 g/mol. The molecule has 0 radical (unpaired) electrons. The minimum Gasteiger partial charge on any atom is -0.346 e. The van der Waals surface area contributed by atoms with Gasteiger partial charge in [-0.2, -0.15) is 4.37 Å². The number of rotatable bonds is 6. The summed E-state index contributed by atoms with van der Waals surface area (Å²) in [6, 6.07) is 17.0. The van der Waals surface area contributed by atoms with Crippen LogP contribution in [0.1, 0.15) is 29.8 Å². The van der Waals surface area contributed by atoms with Crippen LogP contribution in [0.3, 0.4) is 0 Å². The number of piperidine rings is 1. The Kier molecular flexibility index (Phi) is 7.16. The van der Waals surface area contributed by atoms with Gasteiger partial charge in [0.2, 0.25) is 11.0 Å². The fraction of sp³-hybridized carbons (Fsp3) is 0.423. The van der Waals surface area contributed by atoms with Gasteiger partial charge in [-0.1, -0.05) is 42.5 Å². The number of piperazine rings is 1. The standard InChI is InChI=1S/C26H30FN5OS/c27-23-10-8-20(9-11-23)17-24-28-26(34-29-24)32-12-4-7-22(19-32)25(33)31-15-13-30(14-16-31)18-21-5-2-1-3-6-21/h1-3,5-6,8-11,22H,4,7,12-19H2. The molecule has 5 rings (SSSR count). The van der Waals surface area contributed by atoms with Crippen LogP contribution in [-0.2, 0) is 17.8 Å². The molecule has 2 aromatic carbocycles. The Labute approximate surface area is 204 Å². The van der Waals surface area contributed by atoms with Crippen molar-refractivity contribution in [1.29, 1.82) is 0 Å². The zero-order valence-electron chi connectivity index (χ0n) is 19.3. The highest BCUT2D eigenvalue weighted by atomic mass is 32.1. The molecule has 1 amide bonds. The van der Waals surface area contributed by atoms with E-state index in [9.17, 15) is 9.18 Å². The SMILES string of the molecule is O=C(C1CCCN(c2nc(Cc3ccc(F)cc3)ns2)C1)N1CCN(Cc2ccccc2)CC1. The second kappa shape index (κ2) is 10.6. The van der Waals surface area contributed by atoms with Crippen molar-refractivity contribution < 1.29 is 9.18 Å². The third-order valence-corrected chi connectivity index (χ3v) is 7.52. The van der Waals surface area contributed by atoms with Gasteiger partial charge in [0.1, 0.15) is 11.6 Å². The van der Waals surface area contributed by atoms with Gasteiger partial charge >= 0.3 is 0 Å². The van der Waals surface area contributed by atoms with E-state index in [-0.39, 0.29) is 17.6 Å². The van der Waals surface area contributed by atoms with Gasteiger partial charge in [0, 0.05) is 63.8 Å². The van der Waals surface area contributed by atoms with E-state index in [1.807, 2.05) is 6.07 Å². The molecule has 8 heteroatoms. The summed E-state index contributed by atoms with van der Waals surface area (Å²) in [5, 5.41) is 0.877. The average Bonchev–Trinajstić information content (AvgIpc) is 3.35. The Bertz CT molecular complexity index is 1080. The molecule has 3 heterocycles. The summed E-state index contributed by atoms with van der Waals surface area (Å²) in [6.07, 6.45) is 2.50. The Hall–Kier alpha value is -2.84. The minimum atomic E-state index is -0.239. The minimum absolute atomic E-state index is 0.0128. The average molecular weight is 480 g/mol. The molecule has 0 saturated carbocycles. The summed E-state index contributed by atoms with van der Waals surface area (Å²) < 4.78 is 17.7. The van der Waals surface area contributed by atoms with Gasteiger partial charge in [-0.05, 0) is 36.1 Å². The molecule has 34 heavy (non-hydrogen) atoms. The van der Waals surface area contributed by atoms with Crippen LogP contribution in [0.15, 0.2) is 54.6 Å². The fourth-order valence-corrected chi connectivity index (χ4v) is 5.53. The molecule has 0 N–H and O–H groups in total. The first kappa shape index (κ1) is 22.9. The molecule has 1 aromatic heterocycles. The number of hydrogen-bond acceptors (Lipinski definition) is 6. The van der Waals surface area contributed by atoms with Gasteiger partial charge in [-0.15, -0.1) is 0 Å². The highest BCUT2D eigenvalue weighted by Gasteiger charge is 2.32. The van der Waals surface area contributed by atoms with Crippen LogP contribution >= 0.6 is 11.5 Å².